The molecule has 2 heterocycles. The highest BCUT2D eigenvalue weighted by Gasteiger charge is 2.28. The number of carbonyl (C=O) groups is 1. The average Bonchev–Trinajstić information content (AvgIpc) is 3.07. The molecule has 146 valence electrons. The Bertz CT molecular complexity index is 1020. The van der Waals surface area contributed by atoms with Gasteiger partial charge in [-0.05, 0) is 62.9 Å². The first-order valence-electron chi connectivity index (χ1n) is 9.60. The number of thiazole rings is 1. The van der Waals surface area contributed by atoms with Crippen molar-refractivity contribution in [3.63, 3.8) is 0 Å². The Kier molecular flexibility index (Phi) is 5.06. The predicted molar refractivity (Wildman–Crippen MR) is 114 cm³/mol. The first kappa shape index (κ1) is 18.9. The predicted octanol–water partition coefficient (Wildman–Crippen LogP) is 5.22. The topological polar surface area (TPSA) is 45.2 Å². The van der Waals surface area contributed by atoms with E-state index >= 15 is 0 Å². The first-order chi connectivity index (χ1) is 13.4. The number of hydrogen-bond acceptors (Lipinski definition) is 4. The van der Waals surface area contributed by atoms with Crippen molar-refractivity contribution in [2.75, 3.05) is 23.3 Å². The molecule has 0 bridgehead atoms. The Morgan fingerprint density at radius 3 is 2.71 bits per heavy atom. The van der Waals surface area contributed by atoms with E-state index in [0.717, 1.165) is 51.5 Å². The second kappa shape index (κ2) is 7.51. The van der Waals surface area contributed by atoms with Crippen molar-refractivity contribution in [1.29, 1.82) is 0 Å². The van der Waals surface area contributed by atoms with Crippen LogP contribution in [0.15, 0.2) is 30.3 Å². The fraction of sp³-hybridized carbons (Fsp3) is 0.364. The SMILES string of the molecule is Cc1cc(C)c(NC(=O)C2CCCN(c3nc4ccc(F)cc4s3)C2)c(C)c1. The molecule has 0 spiro atoms. The van der Waals surface area contributed by atoms with Crippen molar-refractivity contribution in [2.24, 2.45) is 5.92 Å². The summed E-state index contributed by atoms with van der Waals surface area (Å²) < 4.78 is 14.3. The molecule has 1 unspecified atom stereocenters. The second-order valence-corrected chi connectivity index (χ2v) is 8.67. The van der Waals surface area contributed by atoms with Crippen LogP contribution in [0.2, 0.25) is 0 Å². The molecule has 1 aliphatic heterocycles. The molecule has 0 aliphatic carbocycles. The van der Waals surface area contributed by atoms with E-state index in [1.165, 1.54) is 29.0 Å². The molecule has 4 nitrogen and oxygen atoms in total. The minimum Gasteiger partial charge on any atom is -0.347 e. The van der Waals surface area contributed by atoms with E-state index in [4.69, 9.17) is 0 Å². The number of piperidine rings is 1. The van der Waals surface area contributed by atoms with E-state index in [9.17, 15) is 9.18 Å². The standard InChI is InChI=1S/C22H24FN3OS/c1-13-9-14(2)20(15(3)10-13)25-21(27)16-5-4-8-26(12-16)22-24-18-7-6-17(23)11-19(18)28-22/h6-7,9-11,16H,4-5,8,12H2,1-3H3,(H,25,27). The Morgan fingerprint density at radius 2 is 1.96 bits per heavy atom. The summed E-state index contributed by atoms with van der Waals surface area (Å²) in [6.45, 7) is 7.63. The Labute approximate surface area is 168 Å². The van der Waals surface area contributed by atoms with Gasteiger partial charge >= 0.3 is 0 Å². The summed E-state index contributed by atoms with van der Waals surface area (Å²) >= 11 is 1.49. The minimum absolute atomic E-state index is 0.0620. The molecule has 1 aromatic heterocycles. The van der Waals surface area contributed by atoms with Gasteiger partial charge in [0, 0.05) is 18.8 Å². The zero-order valence-corrected chi connectivity index (χ0v) is 17.2. The van der Waals surface area contributed by atoms with E-state index in [-0.39, 0.29) is 17.6 Å². The molecule has 1 saturated heterocycles. The number of fused-ring (bicyclic) bond motifs is 1. The summed E-state index contributed by atoms with van der Waals surface area (Å²) in [4.78, 5) is 19.7. The average molecular weight is 398 g/mol. The molecule has 0 saturated carbocycles. The first-order valence-corrected chi connectivity index (χ1v) is 10.4. The summed E-state index contributed by atoms with van der Waals surface area (Å²) in [5.41, 5.74) is 5.10. The van der Waals surface area contributed by atoms with E-state index < -0.39 is 0 Å². The summed E-state index contributed by atoms with van der Waals surface area (Å²) in [6.07, 6.45) is 1.81. The lowest BCUT2D eigenvalue weighted by Crippen LogP contribution is -2.40. The van der Waals surface area contributed by atoms with Crippen LogP contribution in [-0.2, 0) is 4.79 Å². The Hall–Kier alpha value is -2.47. The molecule has 1 aliphatic rings. The summed E-state index contributed by atoms with van der Waals surface area (Å²) in [5, 5.41) is 4.01. The molecule has 3 aromatic rings. The smallest absolute Gasteiger partial charge is 0.229 e. The van der Waals surface area contributed by atoms with Gasteiger partial charge < -0.3 is 10.2 Å². The highest BCUT2D eigenvalue weighted by Crippen LogP contribution is 2.32. The normalized spacial score (nSPS) is 17.1. The van der Waals surface area contributed by atoms with Gasteiger partial charge in [-0.15, -0.1) is 0 Å². The highest BCUT2D eigenvalue weighted by molar-refractivity contribution is 7.22. The van der Waals surface area contributed by atoms with Crippen LogP contribution in [0, 0.1) is 32.5 Å². The number of carbonyl (C=O) groups excluding carboxylic acids is 1. The number of benzene rings is 2. The van der Waals surface area contributed by atoms with Crippen molar-refractivity contribution < 1.29 is 9.18 Å². The number of nitrogens with one attached hydrogen (secondary N) is 1. The molecule has 6 heteroatoms. The fourth-order valence-electron chi connectivity index (χ4n) is 3.99. The zero-order chi connectivity index (χ0) is 19.8. The van der Waals surface area contributed by atoms with Gasteiger partial charge in [0.1, 0.15) is 5.82 Å². The number of hydrogen-bond donors (Lipinski definition) is 1. The van der Waals surface area contributed by atoms with Crippen molar-refractivity contribution in [3.05, 3.63) is 52.8 Å². The molecule has 28 heavy (non-hydrogen) atoms. The number of aromatic nitrogens is 1. The molecular formula is C22H24FN3OS. The number of nitrogens with zero attached hydrogens (tertiary/aromatic N) is 2. The van der Waals surface area contributed by atoms with Gasteiger partial charge in [-0.3, -0.25) is 4.79 Å². The molecule has 1 atom stereocenters. The number of anilines is 2. The van der Waals surface area contributed by atoms with Crippen LogP contribution in [0.5, 0.6) is 0 Å². The maximum Gasteiger partial charge on any atom is 0.229 e. The van der Waals surface area contributed by atoms with Crippen LogP contribution >= 0.6 is 11.3 Å². The van der Waals surface area contributed by atoms with Crippen molar-refractivity contribution >= 4 is 38.3 Å². The molecule has 1 fully saturated rings. The van der Waals surface area contributed by atoms with Gasteiger partial charge in [-0.25, -0.2) is 9.37 Å². The summed E-state index contributed by atoms with van der Waals surface area (Å²) in [6, 6.07) is 8.85. The van der Waals surface area contributed by atoms with E-state index in [2.05, 4.69) is 34.3 Å². The Morgan fingerprint density at radius 1 is 1.21 bits per heavy atom. The Balaban J connectivity index is 1.51. The molecular weight excluding hydrogens is 373 g/mol. The monoisotopic (exact) mass is 397 g/mol. The van der Waals surface area contributed by atoms with Gasteiger partial charge in [-0.1, -0.05) is 29.0 Å². The van der Waals surface area contributed by atoms with Crippen molar-refractivity contribution in [3.8, 4) is 0 Å². The number of rotatable bonds is 3. The maximum atomic E-state index is 13.5. The molecule has 2 aromatic carbocycles. The van der Waals surface area contributed by atoms with Crippen LogP contribution < -0.4 is 10.2 Å². The lowest BCUT2D eigenvalue weighted by molar-refractivity contribution is -0.120. The van der Waals surface area contributed by atoms with Crippen molar-refractivity contribution in [1.82, 2.24) is 4.98 Å². The van der Waals surface area contributed by atoms with E-state index in [1.54, 1.807) is 6.07 Å². The van der Waals surface area contributed by atoms with Gasteiger partial charge in [-0.2, -0.15) is 0 Å². The van der Waals surface area contributed by atoms with Crippen LogP contribution in [0.1, 0.15) is 29.5 Å². The zero-order valence-electron chi connectivity index (χ0n) is 16.4. The van der Waals surface area contributed by atoms with Gasteiger partial charge in [0.05, 0.1) is 16.1 Å². The second-order valence-electron chi connectivity index (χ2n) is 7.66. The molecule has 1 amide bonds. The van der Waals surface area contributed by atoms with E-state index in [1.807, 2.05) is 13.8 Å². The summed E-state index contributed by atoms with van der Waals surface area (Å²) in [7, 11) is 0. The minimum atomic E-state index is -0.248. The lowest BCUT2D eigenvalue weighted by Gasteiger charge is -2.32. The van der Waals surface area contributed by atoms with Crippen LogP contribution in [0.4, 0.5) is 15.2 Å². The van der Waals surface area contributed by atoms with Crippen LogP contribution in [0.3, 0.4) is 0 Å². The van der Waals surface area contributed by atoms with E-state index in [0.29, 0.717) is 6.54 Å². The van der Waals surface area contributed by atoms with Crippen molar-refractivity contribution in [2.45, 2.75) is 33.6 Å². The number of aryl methyl sites for hydroxylation is 3. The van der Waals surface area contributed by atoms with Crippen LogP contribution in [0.25, 0.3) is 10.2 Å². The molecule has 4 rings (SSSR count). The fourth-order valence-corrected chi connectivity index (χ4v) is 5.01. The third-order valence-electron chi connectivity index (χ3n) is 5.33. The summed E-state index contributed by atoms with van der Waals surface area (Å²) in [5.74, 6) is -0.271. The number of amides is 1. The molecule has 1 N–H and O–H groups in total. The van der Waals surface area contributed by atoms with Gasteiger partial charge in [0.2, 0.25) is 5.91 Å². The third kappa shape index (κ3) is 3.74. The van der Waals surface area contributed by atoms with Crippen LogP contribution in [-0.4, -0.2) is 24.0 Å². The highest BCUT2D eigenvalue weighted by atomic mass is 32.1. The third-order valence-corrected chi connectivity index (χ3v) is 6.41. The maximum absolute atomic E-state index is 13.5. The van der Waals surface area contributed by atoms with Gasteiger partial charge in [0.15, 0.2) is 5.13 Å². The number of halogens is 1. The lowest BCUT2D eigenvalue weighted by atomic mass is 9.96. The molecule has 0 radical (unpaired) electrons. The van der Waals surface area contributed by atoms with Gasteiger partial charge in [0.25, 0.3) is 0 Å². The largest absolute Gasteiger partial charge is 0.347 e. The quantitative estimate of drug-likeness (QED) is 0.659.